The number of sulfonamides is 1. The molecule has 1 aliphatic rings. The van der Waals surface area contributed by atoms with Gasteiger partial charge in [0.25, 0.3) is 0 Å². The molecule has 6 nitrogen and oxygen atoms in total. The van der Waals surface area contributed by atoms with Crippen molar-refractivity contribution in [2.45, 2.75) is 44.9 Å². The van der Waals surface area contributed by atoms with E-state index < -0.39 is 27.6 Å². The number of halogens is 1. The zero-order valence-corrected chi connectivity index (χ0v) is 18.4. The van der Waals surface area contributed by atoms with Crippen molar-refractivity contribution in [3.63, 3.8) is 0 Å². The lowest BCUT2D eigenvalue weighted by molar-refractivity contribution is -0.123. The minimum absolute atomic E-state index is 0.286. The topological polar surface area (TPSA) is 75.7 Å². The Morgan fingerprint density at radius 3 is 2.59 bits per heavy atom. The molecule has 1 N–H and O–H groups in total. The van der Waals surface area contributed by atoms with Gasteiger partial charge in [0.1, 0.15) is 17.4 Å². The van der Waals surface area contributed by atoms with Gasteiger partial charge in [0, 0.05) is 17.0 Å². The molecule has 1 amide bonds. The number of amides is 1. The number of carbonyl (C=O) groups excluding carboxylic acids is 1. The summed E-state index contributed by atoms with van der Waals surface area (Å²) in [6.07, 6.45) is 1.64. The van der Waals surface area contributed by atoms with Crippen LogP contribution in [-0.4, -0.2) is 32.2 Å². The van der Waals surface area contributed by atoms with Crippen LogP contribution in [0.3, 0.4) is 0 Å². The highest BCUT2D eigenvalue weighted by atomic mass is 35.5. The number of ether oxygens (including phenoxy) is 1. The van der Waals surface area contributed by atoms with Crippen LogP contribution in [0.1, 0.15) is 38.8 Å². The van der Waals surface area contributed by atoms with Gasteiger partial charge in [-0.3, -0.25) is 9.10 Å². The summed E-state index contributed by atoms with van der Waals surface area (Å²) in [7, 11) is -3.71. The van der Waals surface area contributed by atoms with Gasteiger partial charge in [-0.15, -0.1) is 0 Å². The van der Waals surface area contributed by atoms with E-state index in [4.69, 9.17) is 16.3 Å². The molecule has 29 heavy (non-hydrogen) atoms. The number of nitrogens with zero attached hydrogens (tertiary/aromatic N) is 1. The Morgan fingerprint density at radius 2 is 1.93 bits per heavy atom. The van der Waals surface area contributed by atoms with Crippen molar-refractivity contribution >= 4 is 33.2 Å². The van der Waals surface area contributed by atoms with E-state index in [0.717, 1.165) is 21.9 Å². The molecule has 1 aliphatic heterocycles. The average molecular weight is 437 g/mol. The fourth-order valence-electron chi connectivity index (χ4n) is 3.65. The van der Waals surface area contributed by atoms with E-state index in [-0.39, 0.29) is 6.04 Å². The Bertz CT molecular complexity index is 1020. The molecule has 0 aliphatic carbocycles. The smallest absolute Gasteiger partial charge is 0.244 e. The van der Waals surface area contributed by atoms with E-state index in [9.17, 15) is 13.2 Å². The lowest BCUT2D eigenvalue weighted by Gasteiger charge is -2.38. The number of rotatable bonds is 5. The molecular formula is C21H25ClN2O4S. The van der Waals surface area contributed by atoms with Crippen molar-refractivity contribution in [3.05, 3.63) is 59.1 Å². The minimum atomic E-state index is -3.71. The first-order chi connectivity index (χ1) is 13.5. The Kier molecular flexibility index (Phi) is 5.83. The first-order valence-corrected chi connectivity index (χ1v) is 11.5. The minimum Gasteiger partial charge on any atom is -0.487 e. The Balaban J connectivity index is 1.89. The third-order valence-corrected chi connectivity index (χ3v) is 6.32. The van der Waals surface area contributed by atoms with Crippen LogP contribution in [0, 0.1) is 0 Å². The quantitative estimate of drug-likeness (QED) is 0.770. The number of anilines is 1. The van der Waals surface area contributed by atoms with Gasteiger partial charge < -0.3 is 10.1 Å². The van der Waals surface area contributed by atoms with Gasteiger partial charge in [-0.2, -0.15) is 0 Å². The summed E-state index contributed by atoms with van der Waals surface area (Å²) in [6.45, 7) is 5.48. The zero-order chi connectivity index (χ0) is 21.4. The van der Waals surface area contributed by atoms with Crippen LogP contribution in [0.15, 0.2) is 48.5 Å². The molecule has 0 saturated heterocycles. The zero-order valence-electron chi connectivity index (χ0n) is 16.8. The predicted octanol–water partition coefficient (Wildman–Crippen LogP) is 3.91. The van der Waals surface area contributed by atoms with Crippen molar-refractivity contribution in [2.24, 2.45) is 0 Å². The van der Waals surface area contributed by atoms with Gasteiger partial charge in [0.2, 0.25) is 15.9 Å². The number of hydrogen-bond acceptors (Lipinski definition) is 4. The van der Waals surface area contributed by atoms with Crippen molar-refractivity contribution in [1.29, 1.82) is 0 Å². The van der Waals surface area contributed by atoms with E-state index in [2.05, 4.69) is 5.32 Å². The maximum atomic E-state index is 13.1. The van der Waals surface area contributed by atoms with E-state index in [1.807, 2.05) is 38.1 Å². The Morgan fingerprint density at radius 1 is 1.24 bits per heavy atom. The van der Waals surface area contributed by atoms with Gasteiger partial charge in [0.15, 0.2) is 0 Å². The third-order valence-electron chi connectivity index (χ3n) is 4.84. The Hall–Kier alpha value is -2.25. The van der Waals surface area contributed by atoms with Gasteiger partial charge in [-0.1, -0.05) is 35.9 Å². The van der Waals surface area contributed by atoms with Crippen LogP contribution in [0.25, 0.3) is 0 Å². The SMILES string of the molecule is C[C@@H](C(=O)N[C@H]1CC(C)(C)Oc2ccccc21)N(c1cccc(Cl)c1)S(C)(=O)=O. The molecule has 0 bridgehead atoms. The molecule has 0 unspecified atom stereocenters. The molecule has 2 aromatic carbocycles. The van der Waals surface area contributed by atoms with Crippen LogP contribution in [0.5, 0.6) is 5.75 Å². The molecule has 0 spiro atoms. The highest BCUT2D eigenvalue weighted by molar-refractivity contribution is 7.92. The number of hydrogen-bond donors (Lipinski definition) is 1. The predicted molar refractivity (Wildman–Crippen MR) is 115 cm³/mol. The third kappa shape index (κ3) is 4.85. The van der Waals surface area contributed by atoms with Crippen LogP contribution in [-0.2, 0) is 14.8 Å². The van der Waals surface area contributed by atoms with Crippen LogP contribution in [0.2, 0.25) is 5.02 Å². The second kappa shape index (κ2) is 7.88. The van der Waals surface area contributed by atoms with Crippen LogP contribution >= 0.6 is 11.6 Å². The van der Waals surface area contributed by atoms with E-state index >= 15 is 0 Å². The fourth-order valence-corrected chi connectivity index (χ4v) is 5.00. The molecule has 2 atom stereocenters. The van der Waals surface area contributed by atoms with Gasteiger partial charge >= 0.3 is 0 Å². The summed E-state index contributed by atoms with van der Waals surface area (Å²) >= 11 is 6.03. The standard InChI is InChI=1S/C21H25ClN2O4S/c1-14(24(29(4,26)27)16-9-7-8-15(22)12-16)20(25)23-18-13-21(2,3)28-19-11-6-5-10-17(18)19/h5-12,14,18H,13H2,1-4H3,(H,23,25)/t14-,18-/m0/s1. The molecule has 3 rings (SSSR count). The van der Waals surface area contributed by atoms with Crippen LogP contribution < -0.4 is 14.4 Å². The van der Waals surface area contributed by atoms with Crippen molar-refractivity contribution in [1.82, 2.24) is 5.32 Å². The van der Waals surface area contributed by atoms with Crippen LogP contribution in [0.4, 0.5) is 5.69 Å². The maximum Gasteiger partial charge on any atom is 0.244 e. The van der Waals surface area contributed by atoms with E-state index in [1.54, 1.807) is 25.1 Å². The normalized spacial score (nSPS) is 18.9. The van der Waals surface area contributed by atoms with Gasteiger partial charge in [-0.25, -0.2) is 8.42 Å². The van der Waals surface area contributed by atoms with Crippen molar-refractivity contribution in [3.8, 4) is 5.75 Å². The Labute approximate surface area is 176 Å². The summed E-state index contributed by atoms with van der Waals surface area (Å²) < 4.78 is 32.0. The van der Waals surface area contributed by atoms with Gasteiger partial charge in [-0.05, 0) is 45.0 Å². The molecule has 0 fully saturated rings. The monoisotopic (exact) mass is 436 g/mol. The number of benzene rings is 2. The highest BCUT2D eigenvalue weighted by Crippen LogP contribution is 2.39. The number of para-hydroxylation sites is 1. The first kappa shape index (κ1) is 21.5. The summed E-state index contributed by atoms with van der Waals surface area (Å²) in [5, 5.41) is 3.40. The molecule has 8 heteroatoms. The lowest BCUT2D eigenvalue weighted by atomic mass is 9.89. The first-order valence-electron chi connectivity index (χ1n) is 9.31. The summed E-state index contributed by atoms with van der Waals surface area (Å²) in [4.78, 5) is 13.1. The fraction of sp³-hybridized carbons (Fsp3) is 0.381. The summed E-state index contributed by atoms with van der Waals surface area (Å²) in [5.74, 6) is 0.324. The van der Waals surface area contributed by atoms with Gasteiger partial charge in [0.05, 0.1) is 18.0 Å². The molecule has 0 saturated carbocycles. The lowest BCUT2D eigenvalue weighted by Crippen LogP contribution is -2.50. The summed E-state index contributed by atoms with van der Waals surface area (Å²) in [6, 6.07) is 12.7. The molecule has 2 aromatic rings. The van der Waals surface area contributed by atoms with Crippen molar-refractivity contribution in [2.75, 3.05) is 10.6 Å². The maximum absolute atomic E-state index is 13.1. The van der Waals surface area contributed by atoms with E-state index in [0.29, 0.717) is 17.1 Å². The molecular weight excluding hydrogens is 412 g/mol. The highest BCUT2D eigenvalue weighted by Gasteiger charge is 2.36. The van der Waals surface area contributed by atoms with E-state index in [1.165, 1.54) is 6.07 Å². The molecule has 0 radical (unpaired) electrons. The largest absolute Gasteiger partial charge is 0.487 e. The van der Waals surface area contributed by atoms with Crippen molar-refractivity contribution < 1.29 is 17.9 Å². The number of carbonyl (C=O) groups is 1. The number of nitrogens with one attached hydrogen (secondary N) is 1. The summed E-state index contributed by atoms with van der Waals surface area (Å²) in [5.41, 5.74) is 0.760. The molecule has 1 heterocycles. The second-order valence-electron chi connectivity index (χ2n) is 7.88. The average Bonchev–Trinajstić information content (AvgIpc) is 2.59. The molecule has 156 valence electrons. The second-order valence-corrected chi connectivity index (χ2v) is 10.2. The number of fused-ring (bicyclic) bond motifs is 1. The molecule has 0 aromatic heterocycles.